The molecule has 1 aromatic carbocycles. The summed E-state index contributed by atoms with van der Waals surface area (Å²) < 4.78 is 55.0. The van der Waals surface area contributed by atoms with Gasteiger partial charge in [-0.05, 0) is 17.7 Å². The first-order valence-corrected chi connectivity index (χ1v) is 11.6. The molecule has 12 heteroatoms. The van der Waals surface area contributed by atoms with E-state index in [1.54, 1.807) is 35.2 Å². The molecular weight excluding hydrogens is 537 g/mol. The molecule has 0 amide bonds. The molecule has 166 valence electrons. The van der Waals surface area contributed by atoms with E-state index in [0.29, 0.717) is 25.6 Å². The highest BCUT2D eigenvalue weighted by atomic mass is 127. The van der Waals surface area contributed by atoms with Crippen LogP contribution in [0.1, 0.15) is 5.56 Å². The number of sulfonamides is 1. The third-order valence-corrected chi connectivity index (χ3v) is 6.96. The quantitative estimate of drug-likeness (QED) is 0.297. The molecule has 2 rings (SSSR count). The van der Waals surface area contributed by atoms with E-state index in [0.717, 1.165) is 17.1 Å². The Morgan fingerprint density at radius 1 is 1.31 bits per heavy atom. The van der Waals surface area contributed by atoms with Crippen LogP contribution in [0.2, 0.25) is 0 Å². The minimum absolute atomic E-state index is 0. The van der Waals surface area contributed by atoms with Crippen LogP contribution in [0.5, 0.6) is 5.75 Å². The summed E-state index contributed by atoms with van der Waals surface area (Å²) in [5, 5.41) is 3.06. The van der Waals surface area contributed by atoms with Crippen LogP contribution >= 0.6 is 35.7 Å². The molecule has 7 nitrogen and oxygen atoms in total. The lowest BCUT2D eigenvalue weighted by Crippen LogP contribution is -2.44. The van der Waals surface area contributed by atoms with Crippen LogP contribution in [0.15, 0.2) is 29.3 Å². The van der Waals surface area contributed by atoms with E-state index >= 15 is 0 Å². The fourth-order valence-electron chi connectivity index (χ4n) is 2.76. The number of halogens is 3. The molecule has 1 aliphatic heterocycles. The van der Waals surface area contributed by atoms with Crippen LogP contribution in [-0.4, -0.2) is 81.2 Å². The largest absolute Gasteiger partial charge is 0.435 e. The van der Waals surface area contributed by atoms with Crippen LogP contribution in [0.25, 0.3) is 0 Å². The molecule has 0 saturated carbocycles. The Morgan fingerprint density at radius 3 is 2.48 bits per heavy atom. The topological polar surface area (TPSA) is 74.2 Å². The van der Waals surface area contributed by atoms with E-state index in [2.05, 4.69) is 15.0 Å². The molecule has 0 radical (unpaired) electrons. The summed E-state index contributed by atoms with van der Waals surface area (Å²) in [5.41, 5.74) is 0.880. The Hall–Kier alpha value is -0.860. The van der Waals surface area contributed by atoms with Gasteiger partial charge in [0.1, 0.15) is 5.75 Å². The van der Waals surface area contributed by atoms with Crippen molar-refractivity contribution in [3.05, 3.63) is 29.8 Å². The first kappa shape index (κ1) is 26.2. The van der Waals surface area contributed by atoms with Crippen LogP contribution in [0.4, 0.5) is 8.78 Å². The minimum atomic E-state index is -3.28. The number of hydrogen-bond donors (Lipinski definition) is 1. The Kier molecular flexibility index (Phi) is 11.5. The lowest BCUT2D eigenvalue weighted by atomic mass is 10.2. The second-order valence-electron chi connectivity index (χ2n) is 6.18. The first-order valence-electron chi connectivity index (χ1n) is 8.83. The normalized spacial score (nSPS) is 15.7. The zero-order valence-corrected chi connectivity index (χ0v) is 20.3. The maximum absolute atomic E-state index is 12.4. The second-order valence-corrected chi connectivity index (χ2v) is 9.49. The Balaban J connectivity index is 0.00000420. The number of rotatable bonds is 8. The molecule has 1 aliphatic rings. The monoisotopic (exact) mass is 564 g/mol. The third kappa shape index (κ3) is 8.80. The maximum atomic E-state index is 12.4. The fourth-order valence-corrected chi connectivity index (χ4v) is 5.25. The molecule has 0 aliphatic carbocycles. The van der Waals surface area contributed by atoms with Crippen molar-refractivity contribution in [2.24, 2.45) is 4.99 Å². The zero-order valence-electron chi connectivity index (χ0n) is 16.4. The van der Waals surface area contributed by atoms with Gasteiger partial charge in [-0.25, -0.2) is 12.7 Å². The summed E-state index contributed by atoms with van der Waals surface area (Å²) in [6.45, 7) is -0.995. The van der Waals surface area contributed by atoms with Gasteiger partial charge in [0.2, 0.25) is 10.0 Å². The van der Waals surface area contributed by atoms with Crippen molar-refractivity contribution in [1.29, 1.82) is 0 Å². The van der Waals surface area contributed by atoms with Gasteiger partial charge in [0, 0.05) is 51.8 Å². The van der Waals surface area contributed by atoms with Crippen LogP contribution in [0, 0.1) is 0 Å². The number of alkyl halides is 2. The summed E-state index contributed by atoms with van der Waals surface area (Å²) in [4.78, 5) is 6.00. The van der Waals surface area contributed by atoms with Gasteiger partial charge >= 0.3 is 6.61 Å². The third-order valence-electron chi connectivity index (χ3n) is 4.15. The van der Waals surface area contributed by atoms with Gasteiger partial charge < -0.3 is 15.0 Å². The van der Waals surface area contributed by atoms with Crippen molar-refractivity contribution >= 4 is 51.7 Å². The number of hydrogen-bond acceptors (Lipinski definition) is 5. The molecule has 1 fully saturated rings. The van der Waals surface area contributed by atoms with Crippen molar-refractivity contribution < 1.29 is 21.9 Å². The van der Waals surface area contributed by atoms with Gasteiger partial charge in [-0.15, -0.1) is 24.0 Å². The summed E-state index contributed by atoms with van der Waals surface area (Å²) in [7, 11) is 0.157. The second kappa shape index (κ2) is 12.7. The van der Waals surface area contributed by atoms with Crippen LogP contribution in [-0.2, 0) is 16.6 Å². The molecular formula is C17H27F2IN4O3S2. The number of nitrogens with zero attached hydrogens (tertiary/aromatic N) is 3. The average Bonchev–Trinajstić information content (AvgIpc) is 2.67. The predicted octanol–water partition coefficient (Wildman–Crippen LogP) is 2.29. The zero-order chi connectivity index (χ0) is 20.6. The smallest absolute Gasteiger partial charge is 0.387 e. The number of ether oxygens (including phenoxy) is 1. The highest BCUT2D eigenvalue weighted by molar-refractivity contribution is 14.0. The molecule has 0 unspecified atom stereocenters. The number of guanidine groups is 1. The highest BCUT2D eigenvalue weighted by Crippen LogP contribution is 2.16. The van der Waals surface area contributed by atoms with Gasteiger partial charge in [-0.1, -0.05) is 12.1 Å². The van der Waals surface area contributed by atoms with Crippen molar-refractivity contribution in [2.75, 3.05) is 51.0 Å². The van der Waals surface area contributed by atoms with Crippen molar-refractivity contribution in [3.8, 4) is 5.75 Å². The van der Waals surface area contributed by atoms with E-state index in [4.69, 9.17) is 0 Å². The highest BCUT2D eigenvalue weighted by Gasteiger charge is 2.23. The molecule has 1 N–H and O–H groups in total. The summed E-state index contributed by atoms with van der Waals surface area (Å²) in [6.07, 6.45) is 0. The number of benzene rings is 1. The predicted molar refractivity (Wildman–Crippen MR) is 124 cm³/mol. The summed E-state index contributed by atoms with van der Waals surface area (Å²) in [6, 6.07) is 6.35. The fraction of sp³-hybridized carbons (Fsp3) is 0.588. The van der Waals surface area contributed by atoms with Gasteiger partial charge in [0.25, 0.3) is 0 Å². The molecule has 0 spiro atoms. The van der Waals surface area contributed by atoms with E-state index in [1.807, 2.05) is 11.9 Å². The minimum Gasteiger partial charge on any atom is -0.435 e. The summed E-state index contributed by atoms with van der Waals surface area (Å²) >= 11 is 1.76. The number of aliphatic imine (C=N–C) groups is 1. The van der Waals surface area contributed by atoms with Crippen LogP contribution < -0.4 is 10.1 Å². The molecule has 1 aromatic rings. The molecule has 0 atom stereocenters. The molecule has 1 heterocycles. The van der Waals surface area contributed by atoms with Gasteiger partial charge in [0.05, 0.1) is 5.75 Å². The van der Waals surface area contributed by atoms with E-state index in [-0.39, 0.29) is 42.0 Å². The standard InChI is InChI=1S/C17H26F2N4O3S2.HI/c1-20-17(21-7-12-28(24,25)23-8-10-27-11-9-23)22(2)13-14-3-5-15(6-4-14)26-16(18)19;/h3-6,16H,7-13H2,1-2H3,(H,20,21);1H. The van der Waals surface area contributed by atoms with Gasteiger partial charge in [0.15, 0.2) is 5.96 Å². The average molecular weight is 564 g/mol. The Morgan fingerprint density at radius 2 is 1.93 bits per heavy atom. The lowest BCUT2D eigenvalue weighted by molar-refractivity contribution is -0.0498. The SMILES string of the molecule is CN=C(NCCS(=O)(=O)N1CCSCC1)N(C)Cc1ccc(OC(F)F)cc1.I. The van der Waals surface area contributed by atoms with Crippen molar-refractivity contribution in [1.82, 2.24) is 14.5 Å². The Bertz CT molecular complexity index is 746. The number of nitrogens with one attached hydrogen (secondary N) is 1. The van der Waals surface area contributed by atoms with Gasteiger partial charge in [-0.2, -0.15) is 20.5 Å². The van der Waals surface area contributed by atoms with E-state index in [1.165, 1.54) is 12.1 Å². The lowest BCUT2D eigenvalue weighted by Gasteiger charge is -2.26. The molecule has 29 heavy (non-hydrogen) atoms. The van der Waals surface area contributed by atoms with Crippen LogP contribution in [0.3, 0.4) is 0 Å². The molecule has 1 saturated heterocycles. The first-order chi connectivity index (χ1) is 13.3. The number of thioether (sulfide) groups is 1. The van der Waals surface area contributed by atoms with Crippen molar-refractivity contribution in [2.45, 2.75) is 13.2 Å². The molecule has 0 aromatic heterocycles. The Labute approximate surface area is 192 Å². The van der Waals surface area contributed by atoms with E-state index < -0.39 is 16.6 Å². The summed E-state index contributed by atoms with van der Waals surface area (Å²) in [5.74, 6) is 2.32. The molecule has 0 bridgehead atoms. The maximum Gasteiger partial charge on any atom is 0.387 e. The van der Waals surface area contributed by atoms with Crippen molar-refractivity contribution in [3.63, 3.8) is 0 Å². The van der Waals surface area contributed by atoms with E-state index in [9.17, 15) is 17.2 Å². The van der Waals surface area contributed by atoms with Gasteiger partial charge in [-0.3, -0.25) is 4.99 Å².